The van der Waals surface area contributed by atoms with E-state index in [4.69, 9.17) is 14.0 Å². The Morgan fingerprint density at radius 1 is 1.21 bits per heavy atom. The summed E-state index contributed by atoms with van der Waals surface area (Å²) in [6, 6.07) is 12.6. The lowest BCUT2D eigenvalue weighted by molar-refractivity contribution is -0.132. The molecule has 8 heteroatoms. The average Bonchev–Trinajstić information content (AvgIpc) is 3.37. The first-order valence-corrected chi connectivity index (χ1v) is 10.6. The zero-order chi connectivity index (χ0) is 24.4. The molecule has 2 aromatic carbocycles. The number of ketones is 1. The number of Topliss-reactive ketones (excluding diaryl/α,β-unsaturated/α-hetero) is 1. The lowest BCUT2D eigenvalue weighted by Crippen LogP contribution is -2.29. The lowest BCUT2D eigenvalue weighted by atomic mass is 9.94. The maximum absolute atomic E-state index is 13.2. The highest BCUT2D eigenvalue weighted by molar-refractivity contribution is 6.51. The molecule has 1 amide bonds. The second-order valence-corrected chi connectivity index (χ2v) is 7.82. The van der Waals surface area contributed by atoms with E-state index in [9.17, 15) is 14.7 Å². The molecule has 1 N–H and O–H groups in total. The number of methoxy groups -OCH3 is 1. The van der Waals surface area contributed by atoms with Gasteiger partial charge in [0.2, 0.25) is 0 Å². The van der Waals surface area contributed by atoms with E-state index in [2.05, 4.69) is 11.7 Å². The molecule has 0 radical (unpaired) electrons. The van der Waals surface area contributed by atoms with Gasteiger partial charge in [-0.2, -0.15) is 0 Å². The van der Waals surface area contributed by atoms with Crippen LogP contribution >= 0.6 is 0 Å². The van der Waals surface area contributed by atoms with Gasteiger partial charge in [-0.15, -0.1) is 0 Å². The maximum atomic E-state index is 13.2. The second-order valence-electron chi connectivity index (χ2n) is 7.82. The van der Waals surface area contributed by atoms with Crippen LogP contribution in [0.4, 0.5) is 5.82 Å². The molecule has 174 valence electrons. The second kappa shape index (κ2) is 9.27. The molecule has 0 unspecified atom stereocenters. The highest BCUT2D eigenvalue weighted by Crippen LogP contribution is 2.42. The van der Waals surface area contributed by atoms with Gasteiger partial charge in [-0.25, -0.2) is 0 Å². The minimum Gasteiger partial charge on any atom is -0.507 e. The Morgan fingerprint density at radius 2 is 2.00 bits per heavy atom. The van der Waals surface area contributed by atoms with Crippen molar-refractivity contribution in [2.45, 2.75) is 19.9 Å². The molecule has 1 aromatic heterocycles. The molecule has 2 heterocycles. The Balaban J connectivity index is 1.91. The molecule has 0 aliphatic carbocycles. The van der Waals surface area contributed by atoms with Crippen molar-refractivity contribution in [3.05, 3.63) is 89.2 Å². The maximum Gasteiger partial charge on any atom is 0.301 e. The van der Waals surface area contributed by atoms with Gasteiger partial charge in [0.25, 0.3) is 5.78 Å². The molecule has 1 saturated heterocycles. The molecule has 1 aliphatic heterocycles. The van der Waals surface area contributed by atoms with E-state index in [1.807, 2.05) is 6.92 Å². The highest BCUT2D eigenvalue weighted by Gasteiger charge is 2.48. The Morgan fingerprint density at radius 3 is 2.65 bits per heavy atom. The van der Waals surface area contributed by atoms with Crippen LogP contribution in [-0.4, -0.2) is 35.7 Å². The van der Waals surface area contributed by atoms with Gasteiger partial charge >= 0.3 is 5.91 Å². The summed E-state index contributed by atoms with van der Waals surface area (Å²) in [5.74, 6) is -0.124. The van der Waals surface area contributed by atoms with Gasteiger partial charge in [0.1, 0.15) is 29.6 Å². The molecule has 8 nitrogen and oxygen atoms in total. The number of carbonyl (C=O) groups is 2. The van der Waals surface area contributed by atoms with Crippen LogP contribution in [0.5, 0.6) is 11.5 Å². The third-order valence-corrected chi connectivity index (χ3v) is 5.52. The molecule has 0 saturated carbocycles. The van der Waals surface area contributed by atoms with Crippen molar-refractivity contribution in [1.29, 1.82) is 0 Å². The molecule has 4 rings (SSSR count). The first-order valence-electron chi connectivity index (χ1n) is 10.6. The van der Waals surface area contributed by atoms with Gasteiger partial charge in [0.05, 0.1) is 18.7 Å². The number of ether oxygens (including phenoxy) is 2. The summed E-state index contributed by atoms with van der Waals surface area (Å²) < 4.78 is 16.1. The van der Waals surface area contributed by atoms with E-state index < -0.39 is 17.7 Å². The topological polar surface area (TPSA) is 102 Å². The third-order valence-electron chi connectivity index (χ3n) is 5.52. The van der Waals surface area contributed by atoms with E-state index in [0.717, 1.165) is 5.56 Å². The summed E-state index contributed by atoms with van der Waals surface area (Å²) in [6.07, 6.45) is 1.61. The molecular formula is C26H24N2O6. The summed E-state index contributed by atoms with van der Waals surface area (Å²) in [7, 11) is 1.55. The van der Waals surface area contributed by atoms with Crippen molar-refractivity contribution in [2.75, 3.05) is 18.6 Å². The molecule has 1 atom stereocenters. The predicted octanol–water partition coefficient (Wildman–Crippen LogP) is 4.49. The van der Waals surface area contributed by atoms with E-state index >= 15 is 0 Å². The zero-order valence-electron chi connectivity index (χ0n) is 19.1. The van der Waals surface area contributed by atoms with Crippen molar-refractivity contribution in [2.24, 2.45) is 0 Å². The zero-order valence-corrected chi connectivity index (χ0v) is 19.1. The largest absolute Gasteiger partial charge is 0.507 e. The number of benzene rings is 2. The van der Waals surface area contributed by atoms with E-state index in [0.29, 0.717) is 28.4 Å². The number of aromatic nitrogens is 1. The summed E-state index contributed by atoms with van der Waals surface area (Å²) in [6.45, 7) is 7.45. The number of anilines is 1. The first-order chi connectivity index (χ1) is 16.3. The predicted molar refractivity (Wildman–Crippen MR) is 126 cm³/mol. The average molecular weight is 460 g/mol. The number of aryl methyl sites for hydroxylation is 2. The Bertz CT molecular complexity index is 1310. The number of hydrogen-bond donors (Lipinski definition) is 1. The Kier molecular flexibility index (Phi) is 6.23. The van der Waals surface area contributed by atoms with Crippen LogP contribution in [0.25, 0.3) is 5.76 Å². The molecule has 3 aromatic rings. The molecule has 0 spiro atoms. The standard InChI is InChI=1S/C26H24N2O6/c1-5-11-33-19-8-6-7-17(14-19)23-22(24(29)18-9-10-20(32-4)15(2)12-18)25(30)26(31)28(23)21-13-16(3)34-27-21/h5-10,12-14,23,29H,1,11H2,2-4H3/t23-/m0/s1. The minimum atomic E-state index is -0.945. The monoisotopic (exact) mass is 460 g/mol. The van der Waals surface area contributed by atoms with Crippen LogP contribution in [0.15, 0.2) is 71.3 Å². The van der Waals surface area contributed by atoms with Crippen LogP contribution in [0, 0.1) is 13.8 Å². The van der Waals surface area contributed by atoms with Gasteiger partial charge in [-0.05, 0) is 55.3 Å². The SMILES string of the molecule is C=CCOc1cccc([C@H]2C(=C(O)c3ccc(OC)c(C)c3)C(=O)C(=O)N2c2cc(C)on2)c1. The molecule has 0 bridgehead atoms. The summed E-state index contributed by atoms with van der Waals surface area (Å²) >= 11 is 0. The number of rotatable bonds is 7. The summed E-state index contributed by atoms with van der Waals surface area (Å²) in [5, 5.41) is 15.2. The van der Waals surface area contributed by atoms with Crippen LogP contribution in [0.2, 0.25) is 0 Å². The van der Waals surface area contributed by atoms with Crippen molar-refractivity contribution in [1.82, 2.24) is 5.16 Å². The quantitative estimate of drug-likeness (QED) is 0.240. The number of aliphatic hydroxyl groups is 1. The Hall–Kier alpha value is -4.33. The number of amides is 1. The third kappa shape index (κ3) is 4.05. The number of carbonyl (C=O) groups excluding carboxylic acids is 2. The van der Waals surface area contributed by atoms with Crippen molar-refractivity contribution < 1.29 is 28.7 Å². The van der Waals surface area contributed by atoms with Crippen LogP contribution in [0.1, 0.15) is 28.5 Å². The number of hydrogen-bond acceptors (Lipinski definition) is 7. The molecular weight excluding hydrogens is 436 g/mol. The van der Waals surface area contributed by atoms with Crippen molar-refractivity contribution in [3.63, 3.8) is 0 Å². The van der Waals surface area contributed by atoms with E-state index in [1.165, 1.54) is 4.90 Å². The fourth-order valence-corrected chi connectivity index (χ4v) is 3.96. The van der Waals surface area contributed by atoms with Gasteiger partial charge in [0, 0.05) is 11.6 Å². The van der Waals surface area contributed by atoms with Gasteiger partial charge in [-0.1, -0.05) is 29.9 Å². The lowest BCUT2D eigenvalue weighted by Gasteiger charge is -2.23. The van der Waals surface area contributed by atoms with Crippen LogP contribution in [0.3, 0.4) is 0 Å². The fourth-order valence-electron chi connectivity index (χ4n) is 3.96. The fraction of sp³-hybridized carbons (Fsp3) is 0.192. The van der Waals surface area contributed by atoms with Gasteiger partial charge < -0.3 is 19.1 Å². The smallest absolute Gasteiger partial charge is 0.301 e. The van der Waals surface area contributed by atoms with Crippen LogP contribution in [-0.2, 0) is 9.59 Å². The van der Waals surface area contributed by atoms with Crippen LogP contribution < -0.4 is 14.4 Å². The summed E-state index contributed by atoms with van der Waals surface area (Å²) in [4.78, 5) is 27.6. The van der Waals surface area contributed by atoms with Crippen molar-refractivity contribution >= 4 is 23.3 Å². The molecule has 1 fully saturated rings. The molecule has 34 heavy (non-hydrogen) atoms. The highest BCUT2D eigenvalue weighted by atomic mass is 16.5. The van der Waals surface area contributed by atoms with Crippen molar-refractivity contribution in [3.8, 4) is 11.5 Å². The first kappa shape index (κ1) is 22.8. The molecule has 1 aliphatic rings. The summed E-state index contributed by atoms with van der Waals surface area (Å²) in [5.41, 5.74) is 1.66. The van der Waals surface area contributed by atoms with Gasteiger partial charge in [0.15, 0.2) is 5.82 Å². The number of nitrogens with zero attached hydrogens (tertiary/aromatic N) is 2. The van der Waals surface area contributed by atoms with Gasteiger partial charge in [-0.3, -0.25) is 14.5 Å². The van der Waals surface area contributed by atoms with E-state index in [1.54, 1.807) is 68.6 Å². The number of aliphatic hydroxyl groups excluding tert-OH is 1. The minimum absolute atomic E-state index is 0.0592. The Labute approximate surface area is 196 Å². The van der Waals surface area contributed by atoms with E-state index in [-0.39, 0.29) is 23.8 Å². The normalized spacial score (nSPS) is 17.1.